The van der Waals surface area contributed by atoms with Crippen LogP contribution in [0.25, 0.3) is 0 Å². The molecular formula is C26H24ClFN2O5. The van der Waals surface area contributed by atoms with Gasteiger partial charge in [-0.25, -0.2) is 4.39 Å². The number of hydrogen-bond donors (Lipinski definition) is 1. The van der Waals surface area contributed by atoms with Crippen molar-refractivity contribution in [3.63, 3.8) is 0 Å². The number of likely N-dealkylation sites (N-methyl/N-ethyl adjacent to an activating group) is 1. The van der Waals surface area contributed by atoms with Gasteiger partial charge in [-0.15, -0.1) is 0 Å². The number of methoxy groups -OCH3 is 3. The normalized spacial score (nSPS) is 17.0. The summed E-state index contributed by atoms with van der Waals surface area (Å²) >= 11 is 6.17. The Balaban J connectivity index is 1.87. The van der Waals surface area contributed by atoms with E-state index in [0.717, 1.165) is 11.6 Å². The van der Waals surface area contributed by atoms with Gasteiger partial charge in [0.05, 0.1) is 44.0 Å². The van der Waals surface area contributed by atoms with Crippen molar-refractivity contribution in [1.29, 1.82) is 0 Å². The summed E-state index contributed by atoms with van der Waals surface area (Å²) in [4.78, 5) is 28.7. The highest BCUT2D eigenvalue weighted by atomic mass is 35.5. The fourth-order valence-electron chi connectivity index (χ4n) is 4.35. The zero-order valence-electron chi connectivity index (χ0n) is 19.6. The maximum absolute atomic E-state index is 13.8. The van der Waals surface area contributed by atoms with E-state index in [2.05, 4.69) is 5.32 Å². The summed E-state index contributed by atoms with van der Waals surface area (Å²) in [6, 6.07) is 13.4. The van der Waals surface area contributed by atoms with Gasteiger partial charge in [0.2, 0.25) is 5.91 Å². The van der Waals surface area contributed by atoms with Gasteiger partial charge in [0.1, 0.15) is 11.6 Å². The van der Waals surface area contributed by atoms with Crippen LogP contribution < -0.4 is 19.5 Å². The molecule has 2 atom stereocenters. The predicted octanol–water partition coefficient (Wildman–Crippen LogP) is 5.05. The van der Waals surface area contributed by atoms with Gasteiger partial charge in [0, 0.05) is 12.6 Å². The SMILES string of the molecule is COc1ccc([C@@H]2[C@H](C(=O)Nc3ccc(F)cc3Cl)c3cc(OC)c(OC)cc3C(=O)N2C)cc1. The molecule has 0 unspecified atom stereocenters. The number of rotatable bonds is 6. The van der Waals surface area contributed by atoms with Crippen LogP contribution >= 0.6 is 11.6 Å². The van der Waals surface area contributed by atoms with Crippen molar-refractivity contribution >= 4 is 29.1 Å². The summed E-state index contributed by atoms with van der Waals surface area (Å²) < 4.78 is 29.6. The lowest BCUT2D eigenvalue weighted by Gasteiger charge is -2.40. The van der Waals surface area contributed by atoms with Crippen molar-refractivity contribution in [1.82, 2.24) is 4.90 Å². The lowest BCUT2D eigenvalue weighted by Crippen LogP contribution is -2.44. The molecule has 1 heterocycles. The van der Waals surface area contributed by atoms with Crippen LogP contribution in [0.3, 0.4) is 0 Å². The summed E-state index contributed by atoms with van der Waals surface area (Å²) in [6.45, 7) is 0. The molecule has 0 fully saturated rings. The Morgan fingerprint density at radius 1 is 0.971 bits per heavy atom. The molecule has 0 aromatic heterocycles. The first-order valence-corrected chi connectivity index (χ1v) is 11.1. The first-order chi connectivity index (χ1) is 16.8. The Labute approximate surface area is 207 Å². The van der Waals surface area contributed by atoms with E-state index in [1.54, 1.807) is 38.4 Å². The minimum atomic E-state index is -0.845. The van der Waals surface area contributed by atoms with E-state index < -0.39 is 23.7 Å². The number of amides is 2. The van der Waals surface area contributed by atoms with Gasteiger partial charge < -0.3 is 24.4 Å². The van der Waals surface area contributed by atoms with E-state index in [4.69, 9.17) is 25.8 Å². The highest BCUT2D eigenvalue weighted by Crippen LogP contribution is 2.46. The molecule has 0 bridgehead atoms. The number of fused-ring (bicyclic) bond motifs is 1. The molecule has 3 aromatic rings. The molecule has 1 aliphatic rings. The van der Waals surface area contributed by atoms with Gasteiger partial charge >= 0.3 is 0 Å². The van der Waals surface area contributed by atoms with E-state index in [0.29, 0.717) is 28.4 Å². The number of carbonyl (C=O) groups excluding carboxylic acids is 2. The molecular weight excluding hydrogens is 475 g/mol. The van der Waals surface area contributed by atoms with Crippen molar-refractivity contribution in [3.8, 4) is 17.2 Å². The van der Waals surface area contributed by atoms with Crippen LogP contribution in [-0.2, 0) is 4.79 Å². The zero-order valence-corrected chi connectivity index (χ0v) is 20.4. The molecule has 182 valence electrons. The number of hydrogen-bond acceptors (Lipinski definition) is 5. The number of halogens is 2. The molecule has 0 saturated heterocycles. The highest BCUT2D eigenvalue weighted by molar-refractivity contribution is 6.33. The second-order valence-corrected chi connectivity index (χ2v) is 8.43. The van der Waals surface area contributed by atoms with E-state index in [1.807, 2.05) is 12.1 Å². The lowest BCUT2D eigenvalue weighted by atomic mass is 9.79. The first kappa shape index (κ1) is 24.3. The molecule has 2 amide bonds. The third-order valence-corrected chi connectivity index (χ3v) is 6.42. The number of nitrogens with zero attached hydrogens (tertiary/aromatic N) is 1. The zero-order chi connectivity index (χ0) is 25.3. The number of benzene rings is 3. The Morgan fingerprint density at radius 2 is 1.63 bits per heavy atom. The second kappa shape index (κ2) is 9.84. The van der Waals surface area contributed by atoms with Gasteiger partial charge in [-0.05, 0) is 53.6 Å². The molecule has 0 spiro atoms. The molecule has 9 heteroatoms. The maximum atomic E-state index is 13.8. The maximum Gasteiger partial charge on any atom is 0.254 e. The van der Waals surface area contributed by atoms with Gasteiger partial charge in [-0.3, -0.25) is 9.59 Å². The molecule has 1 N–H and O–H groups in total. The van der Waals surface area contributed by atoms with Crippen LogP contribution in [-0.4, -0.2) is 45.1 Å². The minimum absolute atomic E-state index is 0.0622. The van der Waals surface area contributed by atoms with Crippen LogP contribution in [0.1, 0.15) is 33.4 Å². The summed E-state index contributed by atoms with van der Waals surface area (Å²) in [5.41, 5.74) is 1.78. The summed E-state index contributed by atoms with van der Waals surface area (Å²) in [5, 5.41) is 2.86. The van der Waals surface area contributed by atoms with Crippen LogP contribution in [0.15, 0.2) is 54.6 Å². The Bertz CT molecular complexity index is 1280. The van der Waals surface area contributed by atoms with Crippen molar-refractivity contribution < 1.29 is 28.2 Å². The first-order valence-electron chi connectivity index (χ1n) is 10.7. The molecule has 0 saturated carbocycles. The average Bonchev–Trinajstić information content (AvgIpc) is 2.86. The van der Waals surface area contributed by atoms with E-state index in [9.17, 15) is 14.0 Å². The van der Waals surface area contributed by atoms with Crippen LogP contribution in [0.5, 0.6) is 17.2 Å². The fourth-order valence-corrected chi connectivity index (χ4v) is 4.56. The van der Waals surface area contributed by atoms with Gasteiger partial charge in [-0.2, -0.15) is 0 Å². The summed E-state index contributed by atoms with van der Waals surface area (Å²) in [6.07, 6.45) is 0. The van der Waals surface area contributed by atoms with E-state index in [-0.39, 0.29) is 16.6 Å². The average molecular weight is 499 g/mol. The third-order valence-electron chi connectivity index (χ3n) is 6.10. The molecule has 7 nitrogen and oxygen atoms in total. The molecule has 0 radical (unpaired) electrons. The van der Waals surface area contributed by atoms with Crippen molar-refractivity contribution in [3.05, 3.63) is 82.1 Å². The van der Waals surface area contributed by atoms with E-state index >= 15 is 0 Å². The Hall–Kier alpha value is -3.78. The second-order valence-electron chi connectivity index (χ2n) is 8.02. The van der Waals surface area contributed by atoms with Crippen LogP contribution in [0.2, 0.25) is 5.02 Å². The summed E-state index contributed by atoms with van der Waals surface area (Å²) in [5.74, 6) is -0.662. The lowest BCUT2D eigenvalue weighted by molar-refractivity contribution is -0.119. The van der Waals surface area contributed by atoms with Crippen molar-refractivity contribution in [2.75, 3.05) is 33.7 Å². The monoisotopic (exact) mass is 498 g/mol. The molecule has 35 heavy (non-hydrogen) atoms. The smallest absolute Gasteiger partial charge is 0.254 e. The molecule has 4 rings (SSSR count). The van der Waals surface area contributed by atoms with Gasteiger partial charge in [-0.1, -0.05) is 23.7 Å². The largest absolute Gasteiger partial charge is 0.497 e. The number of ether oxygens (including phenoxy) is 3. The van der Waals surface area contributed by atoms with Crippen molar-refractivity contribution in [2.24, 2.45) is 0 Å². The fraction of sp³-hybridized carbons (Fsp3) is 0.231. The van der Waals surface area contributed by atoms with Crippen LogP contribution in [0, 0.1) is 5.82 Å². The summed E-state index contributed by atoms with van der Waals surface area (Å²) in [7, 11) is 6.16. The van der Waals surface area contributed by atoms with Gasteiger partial charge in [0.25, 0.3) is 5.91 Å². The predicted molar refractivity (Wildman–Crippen MR) is 130 cm³/mol. The third kappa shape index (κ3) is 4.49. The van der Waals surface area contributed by atoms with Crippen LogP contribution in [0.4, 0.5) is 10.1 Å². The highest BCUT2D eigenvalue weighted by Gasteiger charge is 2.43. The standard InChI is InChI=1S/C26H24ClFN2O5/c1-30-24(14-5-8-16(33-2)9-6-14)23(25(31)29-20-10-7-15(28)11-19(20)27)17-12-21(34-3)22(35-4)13-18(17)26(30)32/h5-13,23-24H,1-4H3,(H,29,31)/t23-,24-/m1/s1. The number of nitrogens with one attached hydrogen (secondary N) is 1. The quantitative estimate of drug-likeness (QED) is 0.514. The molecule has 3 aromatic carbocycles. The van der Waals surface area contributed by atoms with E-state index in [1.165, 1.54) is 31.3 Å². The van der Waals surface area contributed by atoms with Crippen molar-refractivity contribution in [2.45, 2.75) is 12.0 Å². The minimum Gasteiger partial charge on any atom is -0.497 e. The Kier molecular flexibility index (Phi) is 6.84. The number of anilines is 1. The molecule has 1 aliphatic heterocycles. The number of carbonyl (C=O) groups is 2. The Morgan fingerprint density at radius 3 is 2.23 bits per heavy atom. The molecule has 0 aliphatic carbocycles. The topological polar surface area (TPSA) is 77.1 Å². The van der Waals surface area contributed by atoms with Gasteiger partial charge in [0.15, 0.2) is 11.5 Å².